The first-order chi connectivity index (χ1) is 6.18. The van der Waals surface area contributed by atoms with Crippen molar-refractivity contribution in [3.63, 3.8) is 0 Å². The average molecular weight is 217 g/mol. The van der Waals surface area contributed by atoms with Gasteiger partial charge >= 0.3 is 0 Å². The number of hydrogen-bond acceptors (Lipinski definition) is 3. The van der Waals surface area contributed by atoms with Crippen LogP contribution in [0.4, 0.5) is 0 Å². The monoisotopic (exact) mass is 216 g/mol. The van der Waals surface area contributed by atoms with Crippen LogP contribution in [0, 0.1) is 0 Å². The van der Waals surface area contributed by atoms with Crippen molar-refractivity contribution < 1.29 is 0 Å². The van der Waals surface area contributed by atoms with Gasteiger partial charge in [0.05, 0.1) is 5.03 Å². The third kappa shape index (κ3) is 4.50. The second-order valence-corrected chi connectivity index (χ2v) is 4.45. The molecule has 72 valence electrons. The van der Waals surface area contributed by atoms with Crippen molar-refractivity contribution in [1.29, 1.82) is 0 Å². The van der Waals surface area contributed by atoms with Crippen molar-refractivity contribution in [2.75, 3.05) is 26.4 Å². The molecule has 0 saturated carbocycles. The Balaban J connectivity index is 2.37. The van der Waals surface area contributed by atoms with Crippen LogP contribution < -0.4 is 0 Å². The maximum absolute atomic E-state index is 5.75. The van der Waals surface area contributed by atoms with Crippen LogP contribution in [-0.2, 0) is 0 Å². The van der Waals surface area contributed by atoms with E-state index < -0.39 is 0 Å². The van der Waals surface area contributed by atoms with Crippen LogP contribution in [0.15, 0.2) is 23.2 Å². The summed E-state index contributed by atoms with van der Waals surface area (Å²) in [6.45, 7) is 1.05. The SMILES string of the molecule is CN(C)CCSc1cccc(Cl)n1. The molecule has 0 atom stereocenters. The highest BCUT2D eigenvalue weighted by Crippen LogP contribution is 2.16. The smallest absolute Gasteiger partial charge is 0.130 e. The molecule has 0 aliphatic heterocycles. The first-order valence-electron chi connectivity index (χ1n) is 4.08. The van der Waals surface area contributed by atoms with Crippen molar-refractivity contribution in [1.82, 2.24) is 9.88 Å². The van der Waals surface area contributed by atoms with Gasteiger partial charge in [-0.1, -0.05) is 17.7 Å². The van der Waals surface area contributed by atoms with Gasteiger partial charge in [-0.3, -0.25) is 0 Å². The predicted octanol–water partition coefficient (Wildman–Crippen LogP) is 2.39. The molecule has 0 spiro atoms. The number of halogens is 1. The second-order valence-electron chi connectivity index (χ2n) is 2.95. The largest absolute Gasteiger partial charge is 0.309 e. The molecule has 4 heteroatoms. The van der Waals surface area contributed by atoms with Crippen LogP contribution in [0.2, 0.25) is 5.15 Å². The van der Waals surface area contributed by atoms with Gasteiger partial charge in [-0.15, -0.1) is 11.8 Å². The lowest BCUT2D eigenvalue weighted by Crippen LogP contribution is -2.14. The number of hydrogen-bond donors (Lipinski definition) is 0. The number of nitrogens with zero attached hydrogens (tertiary/aromatic N) is 2. The molecule has 1 aromatic rings. The summed E-state index contributed by atoms with van der Waals surface area (Å²) in [4.78, 5) is 6.33. The van der Waals surface area contributed by atoms with Gasteiger partial charge in [0.1, 0.15) is 5.15 Å². The Morgan fingerprint density at radius 1 is 1.46 bits per heavy atom. The van der Waals surface area contributed by atoms with Crippen molar-refractivity contribution >= 4 is 23.4 Å². The molecule has 1 heterocycles. The van der Waals surface area contributed by atoms with Gasteiger partial charge in [0.15, 0.2) is 0 Å². The molecule has 0 saturated heterocycles. The molecule has 2 nitrogen and oxygen atoms in total. The fourth-order valence-electron chi connectivity index (χ4n) is 0.803. The van der Waals surface area contributed by atoms with Gasteiger partial charge in [-0.2, -0.15) is 0 Å². The van der Waals surface area contributed by atoms with E-state index in [1.807, 2.05) is 12.1 Å². The lowest BCUT2D eigenvalue weighted by atomic mass is 10.5. The highest BCUT2D eigenvalue weighted by atomic mass is 35.5. The van der Waals surface area contributed by atoms with Gasteiger partial charge in [0.2, 0.25) is 0 Å². The fraction of sp³-hybridized carbons (Fsp3) is 0.444. The van der Waals surface area contributed by atoms with E-state index in [0.29, 0.717) is 5.15 Å². The van der Waals surface area contributed by atoms with E-state index in [0.717, 1.165) is 17.3 Å². The van der Waals surface area contributed by atoms with Crippen molar-refractivity contribution in [2.45, 2.75) is 5.03 Å². The Hall–Kier alpha value is -0.250. The highest BCUT2D eigenvalue weighted by Gasteiger charge is 1.96. The second kappa shape index (κ2) is 5.47. The Kier molecular flexibility index (Phi) is 4.56. The topological polar surface area (TPSA) is 16.1 Å². The van der Waals surface area contributed by atoms with E-state index in [1.165, 1.54) is 0 Å². The predicted molar refractivity (Wildman–Crippen MR) is 58.5 cm³/mol. The molecule has 0 N–H and O–H groups in total. The number of aromatic nitrogens is 1. The zero-order chi connectivity index (χ0) is 9.68. The van der Waals surface area contributed by atoms with E-state index in [9.17, 15) is 0 Å². The van der Waals surface area contributed by atoms with E-state index in [-0.39, 0.29) is 0 Å². The Bertz CT molecular complexity index is 266. The minimum atomic E-state index is 0.565. The average Bonchev–Trinajstić information content (AvgIpc) is 2.03. The summed E-state index contributed by atoms with van der Waals surface area (Å²) in [6.07, 6.45) is 0. The van der Waals surface area contributed by atoms with E-state index >= 15 is 0 Å². The highest BCUT2D eigenvalue weighted by molar-refractivity contribution is 7.99. The Labute approximate surface area is 88.3 Å². The van der Waals surface area contributed by atoms with Crippen LogP contribution in [0.1, 0.15) is 0 Å². The molecule has 0 unspecified atom stereocenters. The molecule has 0 fully saturated rings. The van der Waals surface area contributed by atoms with Crippen LogP contribution in [0.5, 0.6) is 0 Å². The van der Waals surface area contributed by atoms with Gasteiger partial charge in [0, 0.05) is 12.3 Å². The number of rotatable bonds is 4. The summed E-state index contributed by atoms with van der Waals surface area (Å²) in [5, 5.41) is 1.56. The first-order valence-corrected chi connectivity index (χ1v) is 5.45. The molecule has 13 heavy (non-hydrogen) atoms. The zero-order valence-corrected chi connectivity index (χ0v) is 9.40. The summed E-state index contributed by atoms with van der Waals surface area (Å²) >= 11 is 7.48. The molecule has 0 aliphatic rings. The molecule has 0 aromatic carbocycles. The Morgan fingerprint density at radius 3 is 2.85 bits per heavy atom. The Morgan fingerprint density at radius 2 is 2.23 bits per heavy atom. The first kappa shape index (κ1) is 10.8. The molecule has 0 radical (unpaired) electrons. The van der Waals surface area contributed by atoms with Crippen LogP contribution in [0.3, 0.4) is 0 Å². The normalized spacial score (nSPS) is 10.8. The zero-order valence-electron chi connectivity index (χ0n) is 7.83. The lowest BCUT2D eigenvalue weighted by molar-refractivity contribution is 0.437. The van der Waals surface area contributed by atoms with Crippen LogP contribution in [0.25, 0.3) is 0 Å². The lowest BCUT2D eigenvalue weighted by Gasteiger charge is -2.07. The summed E-state index contributed by atoms with van der Waals surface area (Å²) in [5.41, 5.74) is 0. The van der Waals surface area contributed by atoms with Gasteiger partial charge in [-0.25, -0.2) is 4.98 Å². The minimum absolute atomic E-state index is 0.565. The van der Waals surface area contributed by atoms with E-state index in [1.54, 1.807) is 17.8 Å². The van der Waals surface area contributed by atoms with Crippen LogP contribution >= 0.6 is 23.4 Å². The third-order valence-electron chi connectivity index (χ3n) is 1.48. The quantitative estimate of drug-likeness (QED) is 0.568. The third-order valence-corrected chi connectivity index (χ3v) is 2.60. The summed E-state index contributed by atoms with van der Waals surface area (Å²) in [5.74, 6) is 1.04. The van der Waals surface area contributed by atoms with Crippen molar-refractivity contribution in [3.05, 3.63) is 23.4 Å². The molecule has 1 aromatic heterocycles. The maximum Gasteiger partial charge on any atom is 0.130 e. The fourth-order valence-corrected chi connectivity index (χ4v) is 2.02. The van der Waals surface area contributed by atoms with Crippen molar-refractivity contribution in [3.8, 4) is 0 Å². The van der Waals surface area contributed by atoms with Crippen LogP contribution in [-0.4, -0.2) is 36.3 Å². The summed E-state index contributed by atoms with van der Waals surface area (Å²) < 4.78 is 0. The van der Waals surface area contributed by atoms with Gasteiger partial charge in [0.25, 0.3) is 0 Å². The van der Waals surface area contributed by atoms with E-state index in [2.05, 4.69) is 24.0 Å². The number of thioether (sulfide) groups is 1. The molecule has 0 aliphatic carbocycles. The molecule has 0 amide bonds. The van der Waals surface area contributed by atoms with E-state index in [4.69, 9.17) is 11.6 Å². The molecular formula is C9H13ClN2S. The molecule has 0 bridgehead atoms. The molecular weight excluding hydrogens is 204 g/mol. The maximum atomic E-state index is 5.75. The van der Waals surface area contributed by atoms with Gasteiger partial charge < -0.3 is 4.90 Å². The number of pyridine rings is 1. The molecule has 1 rings (SSSR count). The summed E-state index contributed by atoms with van der Waals surface area (Å²) in [6, 6.07) is 5.69. The summed E-state index contributed by atoms with van der Waals surface area (Å²) in [7, 11) is 4.12. The standard InChI is InChI=1S/C9H13ClN2S/c1-12(2)6-7-13-9-5-3-4-8(10)11-9/h3-5H,6-7H2,1-2H3. The minimum Gasteiger partial charge on any atom is -0.309 e. The van der Waals surface area contributed by atoms with Gasteiger partial charge in [-0.05, 0) is 26.2 Å². The van der Waals surface area contributed by atoms with Crippen molar-refractivity contribution in [2.24, 2.45) is 0 Å².